The smallest absolute Gasteiger partial charge is 0.309 e. The van der Waals surface area contributed by atoms with Gasteiger partial charge in [-0.2, -0.15) is 5.10 Å². The summed E-state index contributed by atoms with van der Waals surface area (Å²) in [6.45, 7) is 0. The summed E-state index contributed by atoms with van der Waals surface area (Å²) in [5.74, 6) is -0.135. The molecule has 2 aromatic rings. The predicted octanol–water partition coefficient (Wildman–Crippen LogP) is 2.15. The van der Waals surface area contributed by atoms with Gasteiger partial charge in [-0.25, -0.2) is 4.68 Å². The number of aryl methyl sites for hydroxylation is 1. The van der Waals surface area contributed by atoms with Gasteiger partial charge >= 0.3 is 5.97 Å². The summed E-state index contributed by atoms with van der Waals surface area (Å²) >= 11 is 0. The van der Waals surface area contributed by atoms with Crippen LogP contribution in [-0.4, -0.2) is 22.9 Å². The average Bonchev–Trinajstić information content (AvgIpc) is 2.90. The molecule has 0 N–H and O–H groups in total. The quantitative estimate of drug-likeness (QED) is 0.773. The second kappa shape index (κ2) is 4.88. The van der Waals surface area contributed by atoms with Crippen molar-refractivity contribution >= 4 is 5.97 Å². The van der Waals surface area contributed by atoms with E-state index in [-0.39, 0.29) is 11.9 Å². The third-order valence-corrected chi connectivity index (χ3v) is 3.63. The minimum atomic E-state index is -0.113. The van der Waals surface area contributed by atoms with Crippen LogP contribution in [0.5, 0.6) is 0 Å². The van der Waals surface area contributed by atoms with Gasteiger partial charge in [0.15, 0.2) is 0 Å². The van der Waals surface area contributed by atoms with Gasteiger partial charge < -0.3 is 4.74 Å². The zero-order chi connectivity index (χ0) is 13.2. The molecule has 0 radical (unpaired) electrons. The van der Waals surface area contributed by atoms with Gasteiger partial charge in [0.25, 0.3) is 0 Å². The highest BCUT2D eigenvalue weighted by Gasteiger charge is 2.27. The minimum Gasteiger partial charge on any atom is -0.469 e. The van der Waals surface area contributed by atoms with Crippen LogP contribution in [0.1, 0.15) is 17.7 Å². The summed E-state index contributed by atoms with van der Waals surface area (Å²) in [5.41, 5.74) is 3.31. The molecule has 1 heterocycles. The zero-order valence-electron chi connectivity index (χ0n) is 10.9. The molecule has 4 nitrogen and oxygen atoms in total. The SMILES string of the molecule is COC(=O)[C@@H]1CCc2nn(-c3ccccc3)cc2C1. The van der Waals surface area contributed by atoms with Gasteiger partial charge in [0.2, 0.25) is 0 Å². The first-order valence-corrected chi connectivity index (χ1v) is 6.48. The molecule has 0 saturated heterocycles. The van der Waals surface area contributed by atoms with Crippen LogP contribution in [0.15, 0.2) is 36.5 Å². The van der Waals surface area contributed by atoms with Crippen LogP contribution >= 0.6 is 0 Å². The van der Waals surface area contributed by atoms with Gasteiger partial charge in [0.05, 0.1) is 24.4 Å². The molecule has 1 atom stereocenters. The van der Waals surface area contributed by atoms with E-state index in [0.717, 1.165) is 36.2 Å². The van der Waals surface area contributed by atoms with Crippen molar-refractivity contribution in [3.63, 3.8) is 0 Å². The molecule has 1 aromatic carbocycles. The molecule has 0 spiro atoms. The Morgan fingerprint density at radius 3 is 2.89 bits per heavy atom. The number of hydrogen-bond donors (Lipinski definition) is 0. The number of methoxy groups -OCH3 is 1. The summed E-state index contributed by atoms with van der Waals surface area (Å²) in [7, 11) is 1.45. The number of fused-ring (bicyclic) bond motifs is 1. The van der Waals surface area contributed by atoms with Gasteiger partial charge in [-0.3, -0.25) is 4.79 Å². The van der Waals surface area contributed by atoms with Crippen LogP contribution < -0.4 is 0 Å². The van der Waals surface area contributed by atoms with Crippen LogP contribution in [0.4, 0.5) is 0 Å². The van der Waals surface area contributed by atoms with Gasteiger partial charge in [-0.15, -0.1) is 0 Å². The molecule has 0 saturated carbocycles. The Hall–Kier alpha value is -2.10. The topological polar surface area (TPSA) is 44.1 Å². The average molecular weight is 256 g/mol. The maximum absolute atomic E-state index is 11.6. The van der Waals surface area contributed by atoms with Crippen molar-refractivity contribution in [2.75, 3.05) is 7.11 Å². The number of carbonyl (C=O) groups excluding carboxylic acids is 1. The van der Waals surface area contributed by atoms with E-state index in [1.165, 1.54) is 7.11 Å². The predicted molar refractivity (Wildman–Crippen MR) is 71.1 cm³/mol. The molecule has 1 aliphatic carbocycles. The second-order valence-electron chi connectivity index (χ2n) is 4.84. The Kier molecular flexibility index (Phi) is 3.07. The van der Waals surface area contributed by atoms with E-state index in [1.54, 1.807) is 0 Å². The molecule has 3 rings (SSSR count). The van der Waals surface area contributed by atoms with E-state index in [2.05, 4.69) is 5.10 Å². The highest BCUT2D eigenvalue weighted by Crippen LogP contribution is 2.26. The summed E-state index contributed by atoms with van der Waals surface area (Å²) in [5, 5.41) is 4.61. The van der Waals surface area contributed by atoms with Crippen LogP contribution in [-0.2, 0) is 22.4 Å². The fourth-order valence-corrected chi connectivity index (χ4v) is 2.59. The molecule has 0 aliphatic heterocycles. The van der Waals surface area contributed by atoms with E-state index in [1.807, 2.05) is 41.2 Å². The third-order valence-electron chi connectivity index (χ3n) is 3.63. The zero-order valence-corrected chi connectivity index (χ0v) is 10.9. The van der Waals surface area contributed by atoms with E-state index in [9.17, 15) is 4.79 Å². The van der Waals surface area contributed by atoms with Gasteiger partial charge in [-0.1, -0.05) is 18.2 Å². The number of benzene rings is 1. The molecule has 1 aromatic heterocycles. The summed E-state index contributed by atoms with van der Waals surface area (Å²) in [6, 6.07) is 10.0. The summed E-state index contributed by atoms with van der Waals surface area (Å²) in [4.78, 5) is 11.6. The molecule has 0 amide bonds. The molecule has 4 heteroatoms. The van der Waals surface area contributed by atoms with Gasteiger partial charge in [0, 0.05) is 6.20 Å². The third kappa shape index (κ3) is 2.26. The lowest BCUT2D eigenvalue weighted by Gasteiger charge is -2.18. The van der Waals surface area contributed by atoms with Crippen LogP contribution in [0.25, 0.3) is 5.69 Å². The minimum absolute atomic E-state index is 0.0223. The van der Waals surface area contributed by atoms with E-state index >= 15 is 0 Å². The number of rotatable bonds is 2. The van der Waals surface area contributed by atoms with Crippen molar-refractivity contribution in [3.8, 4) is 5.69 Å². The fourth-order valence-electron chi connectivity index (χ4n) is 2.59. The number of esters is 1. The Morgan fingerprint density at radius 2 is 2.16 bits per heavy atom. The standard InChI is InChI=1S/C15H16N2O2/c1-19-15(18)11-7-8-14-12(9-11)10-17(16-14)13-5-3-2-4-6-13/h2-6,10-11H,7-9H2,1H3/t11-/m1/s1. The second-order valence-corrected chi connectivity index (χ2v) is 4.84. The molecule has 0 fully saturated rings. The summed E-state index contributed by atoms with van der Waals surface area (Å²) < 4.78 is 6.72. The Labute approximate surface area is 112 Å². The fraction of sp³-hybridized carbons (Fsp3) is 0.333. The van der Waals surface area contributed by atoms with Crippen molar-refractivity contribution in [1.29, 1.82) is 0 Å². The number of aromatic nitrogens is 2. The van der Waals surface area contributed by atoms with Crippen LogP contribution in [0, 0.1) is 5.92 Å². The molecule has 0 bridgehead atoms. The first-order chi connectivity index (χ1) is 9.28. The lowest BCUT2D eigenvalue weighted by Crippen LogP contribution is -2.23. The first kappa shape index (κ1) is 12.0. The van der Waals surface area contributed by atoms with E-state index in [0.29, 0.717) is 0 Å². The number of nitrogens with zero attached hydrogens (tertiary/aromatic N) is 2. The van der Waals surface area contributed by atoms with Crippen molar-refractivity contribution < 1.29 is 9.53 Å². The van der Waals surface area contributed by atoms with Crippen molar-refractivity contribution in [3.05, 3.63) is 47.8 Å². The molecule has 19 heavy (non-hydrogen) atoms. The molecule has 98 valence electrons. The molecular weight excluding hydrogens is 240 g/mol. The number of hydrogen-bond acceptors (Lipinski definition) is 3. The first-order valence-electron chi connectivity index (χ1n) is 6.48. The lowest BCUT2D eigenvalue weighted by molar-refractivity contribution is -0.145. The number of carbonyl (C=O) groups is 1. The normalized spacial score (nSPS) is 17.8. The largest absolute Gasteiger partial charge is 0.469 e. The highest BCUT2D eigenvalue weighted by atomic mass is 16.5. The monoisotopic (exact) mass is 256 g/mol. The van der Waals surface area contributed by atoms with Crippen molar-refractivity contribution in [1.82, 2.24) is 9.78 Å². The summed E-state index contributed by atoms with van der Waals surface area (Å²) in [6.07, 6.45) is 4.43. The Bertz CT molecular complexity index is 589. The van der Waals surface area contributed by atoms with Gasteiger partial charge in [-0.05, 0) is 37.0 Å². The number of ether oxygens (including phenoxy) is 1. The molecule has 0 unspecified atom stereocenters. The maximum atomic E-state index is 11.6. The van der Waals surface area contributed by atoms with Gasteiger partial charge in [0.1, 0.15) is 0 Å². The van der Waals surface area contributed by atoms with Crippen LogP contribution in [0.2, 0.25) is 0 Å². The Balaban J connectivity index is 1.87. The molecule has 1 aliphatic rings. The Morgan fingerprint density at radius 1 is 1.37 bits per heavy atom. The lowest BCUT2D eigenvalue weighted by atomic mass is 9.88. The molecular formula is C15H16N2O2. The number of para-hydroxylation sites is 1. The van der Waals surface area contributed by atoms with Crippen LogP contribution in [0.3, 0.4) is 0 Å². The van der Waals surface area contributed by atoms with E-state index in [4.69, 9.17) is 4.74 Å². The van der Waals surface area contributed by atoms with Crippen molar-refractivity contribution in [2.45, 2.75) is 19.3 Å². The maximum Gasteiger partial charge on any atom is 0.309 e. The highest BCUT2D eigenvalue weighted by molar-refractivity contribution is 5.73. The van der Waals surface area contributed by atoms with Crippen molar-refractivity contribution in [2.24, 2.45) is 5.92 Å². The van der Waals surface area contributed by atoms with E-state index < -0.39 is 0 Å².